The summed E-state index contributed by atoms with van der Waals surface area (Å²) < 4.78 is 5.02. The molecule has 1 rings (SSSR count). The molecule has 0 spiro atoms. The highest BCUT2D eigenvalue weighted by molar-refractivity contribution is 14.0. The van der Waals surface area contributed by atoms with E-state index >= 15 is 0 Å². The number of hydrogen-bond acceptors (Lipinski definition) is 4. The first-order chi connectivity index (χ1) is 11.1. The van der Waals surface area contributed by atoms with Gasteiger partial charge in [-0.3, -0.25) is 9.79 Å². The summed E-state index contributed by atoms with van der Waals surface area (Å²) in [5.41, 5.74) is 0. The van der Waals surface area contributed by atoms with Crippen molar-refractivity contribution in [3.63, 3.8) is 0 Å². The third-order valence-corrected chi connectivity index (χ3v) is 3.46. The van der Waals surface area contributed by atoms with E-state index in [1.165, 1.54) is 6.92 Å². The highest BCUT2D eigenvalue weighted by Gasteiger charge is 2.23. The number of carbonyl (C=O) groups excluding carboxylic acids is 2. The van der Waals surface area contributed by atoms with E-state index in [1.54, 1.807) is 4.90 Å². The number of amides is 2. The number of carbonyl (C=O) groups is 2. The van der Waals surface area contributed by atoms with Crippen LogP contribution in [-0.2, 0) is 9.53 Å². The molecule has 2 amide bonds. The van der Waals surface area contributed by atoms with Crippen molar-refractivity contribution in [3.8, 4) is 0 Å². The number of ether oxygens (including phenoxy) is 1. The summed E-state index contributed by atoms with van der Waals surface area (Å²) in [4.78, 5) is 28.7. The number of halogens is 1. The lowest BCUT2D eigenvalue weighted by Crippen LogP contribution is -2.50. The third kappa shape index (κ3) is 9.14. The van der Waals surface area contributed by atoms with E-state index in [0.717, 1.165) is 25.3 Å². The minimum absolute atomic E-state index is 0. The summed E-state index contributed by atoms with van der Waals surface area (Å²) in [6, 6.07) is 0.277. The van der Waals surface area contributed by atoms with Crippen molar-refractivity contribution in [1.82, 2.24) is 20.9 Å². The molecule has 1 fully saturated rings. The molecule has 0 bridgehead atoms. The predicted molar refractivity (Wildman–Crippen MR) is 105 cm³/mol. The number of likely N-dealkylation sites (tertiary alicyclic amines) is 1. The molecule has 0 aromatic heterocycles. The Morgan fingerprint density at radius 2 is 1.88 bits per heavy atom. The molecule has 0 aliphatic carbocycles. The third-order valence-electron chi connectivity index (χ3n) is 3.46. The van der Waals surface area contributed by atoms with Gasteiger partial charge in [-0.05, 0) is 26.7 Å². The van der Waals surface area contributed by atoms with Crippen LogP contribution in [0, 0.1) is 0 Å². The quantitative estimate of drug-likeness (QED) is 0.240. The smallest absolute Gasteiger partial charge is 0.409 e. The predicted octanol–water partition coefficient (Wildman–Crippen LogP) is 0.917. The molecule has 24 heavy (non-hydrogen) atoms. The number of aliphatic imine (C=N–C) groups is 1. The molecule has 0 atom stereocenters. The zero-order valence-corrected chi connectivity index (χ0v) is 17.1. The van der Waals surface area contributed by atoms with Crippen molar-refractivity contribution in [1.29, 1.82) is 0 Å². The van der Waals surface area contributed by atoms with Gasteiger partial charge in [0.1, 0.15) is 0 Å². The summed E-state index contributed by atoms with van der Waals surface area (Å²) in [5, 5.41) is 9.29. The van der Waals surface area contributed by atoms with E-state index in [9.17, 15) is 9.59 Å². The molecular formula is C15H30IN5O3. The fourth-order valence-corrected chi connectivity index (χ4v) is 2.33. The van der Waals surface area contributed by atoms with Gasteiger partial charge >= 0.3 is 6.09 Å². The number of piperidine rings is 1. The van der Waals surface area contributed by atoms with Gasteiger partial charge in [0.15, 0.2) is 5.96 Å². The molecule has 1 aliphatic rings. The lowest BCUT2D eigenvalue weighted by atomic mass is 10.1. The van der Waals surface area contributed by atoms with Gasteiger partial charge in [-0.25, -0.2) is 4.79 Å². The molecule has 140 valence electrons. The number of rotatable bonds is 6. The fraction of sp³-hybridized carbons (Fsp3) is 0.800. The Morgan fingerprint density at radius 1 is 1.21 bits per heavy atom. The maximum absolute atomic E-state index is 11.7. The molecule has 3 N–H and O–H groups in total. The first kappa shape index (κ1) is 22.7. The minimum atomic E-state index is -0.234. The summed E-state index contributed by atoms with van der Waals surface area (Å²) >= 11 is 0. The van der Waals surface area contributed by atoms with Gasteiger partial charge in [0.25, 0.3) is 0 Å². The summed E-state index contributed by atoms with van der Waals surface area (Å²) in [6.45, 7) is 8.90. The van der Waals surface area contributed by atoms with Crippen LogP contribution in [0.2, 0.25) is 0 Å². The maximum Gasteiger partial charge on any atom is 0.409 e. The van der Waals surface area contributed by atoms with E-state index in [1.807, 2.05) is 13.8 Å². The highest BCUT2D eigenvalue weighted by atomic mass is 127. The van der Waals surface area contributed by atoms with Crippen molar-refractivity contribution < 1.29 is 14.3 Å². The van der Waals surface area contributed by atoms with Gasteiger partial charge in [0.2, 0.25) is 5.91 Å². The minimum Gasteiger partial charge on any atom is -0.450 e. The van der Waals surface area contributed by atoms with Gasteiger partial charge in [-0.2, -0.15) is 0 Å². The van der Waals surface area contributed by atoms with E-state index < -0.39 is 0 Å². The molecule has 1 saturated heterocycles. The largest absolute Gasteiger partial charge is 0.450 e. The van der Waals surface area contributed by atoms with Crippen LogP contribution in [0.15, 0.2) is 4.99 Å². The standard InChI is InChI=1S/C15H29N5O3.HI/c1-4-16-14(18-9-8-17-12(3)21)19-13-6-10-20(11-7-13)15(22)23-5-2;/h13H,4-11H2,1-3H3,(H,17,21)(H2,16,18,19);1H. The van der Waals surface area contributed by atoms with Gasteiger partial charge in [-0.15, -0.1) is 24.0 Å². The first-order valence-electron chi connectivity index (χ1n) is 8.27. The molecule has 0 aromatic carbocycles. The summed E-state index contributed by atoms with van der Waals surface area (Å²) in [7, 11) is 0. The first-order valence-corrected chi connectivity index (χ1v) is 8.27. The van der Waals surface area contributed by atoms with Crippen molar-refractivity contribution in [2.45, 2.75) is 39.7 Å². The van der Waals surface area contributed by atoms with Gasteiger partial charge in [0, 0.05) is 39.1 Å². The molecule has 1 aliphatic heterocycles. The Balaban J connectivity index is 0.00000529. The van der Waals surface area contributed by atoms with E-state index in [4.69, 9.17) is 4.74 Å². The lowest BCUT2D eigenvalue weighted by molar-refractivity contribution is -0.118. The second kappa shape index (κ2) is 13.1. The van der Waals surface area contributed by atoms with Crippen LogP contribution in [0.5, 0.6) is 0 Å². The van der Waals surface area contributed by atoms with Crippen molar-refractivity contribution in [2.75, 3.05) is 39.3 Å². The molecule has 0 saturated carbocycles. The monoisotopic (exact) mass is 455 g/mol. The lowest BCUT2D eigenvalue weighted by Gasteiger charge is -2.32. The normalized spacial score (nSPS) is 15.3. The molecule has 8 nitrogen and oxygen atoms in total. The summed E-state index contributed by atoms with van der Waals surface area (Å²) in [6.07, 6.45) is 1.48. The van der Waals surface area contributed by atoms with Crippen LogP contribution >= 0.6 is 24.0 Å². The van der Waals surface area contributed by atoms with Crippen LogP contribution in [-0.4, -0.2) is 68.2 Å². The Labute approximate surface area is 161 Å². The van der Waals surface area contributed by atoms with Crippen molar-refractivity contribution in [3.05, 3.63) is 0 Å². The van der Waals surface area contributed by atoms with Gasteiger partial charge in [-0.1, -0.05) is 0 Å². The van der Waals surface area contributed by atoms with Crippen LogP contribution in [0.25, 0.3) is 0 Å². The SMILES string of the molecule is CCNC(=NCCNC(C)=O)NC1CCN(C(=O)OCC)CC1.I. The Morgan fingerprint density at radius 3 is 2.42 bits per heavy atom. The second-order valence-electron chi connectivity index (χ2n) is 5.35. The van der Waals surface area contributed by atoms with E-state index in [2.05, 4.69) is 20.9 Å². The topological polar surface area (TPSA) is 95.1 Å². The maximum atomic E-state index is 11.7. The van der Waals surface area contributed by atoms with Crippen LogP contribution in [0.4, 0.5) is 4.79 Å². The van der Waals surface area contributed by atoms with Gasteiger partial charge < -0.3 is 25.6 Å². The molecule has 0 aromatic rings. The number of guanidine groups is 1. The van der Waals surface area contributed by atoms with E-state index in [-0.39, 0.29) is 42.0 Å². The molecule has 1 heterocycles. The summed E-state index contributed by atoms with van der Waals surface area (Å²) in [5.74, 6) is 0.692. The van der Waals surface area contributed by atoms with E-state index in [0.29, 0.717) is 32.8 Å². The number of nitrogens with one attached hydrogen (secondary N) is 3. The average molecular weight is 455 g/mol. The van der Waals surface area contributed by atoms with Gasteiger partial charge in [0.05, 0.1) is 13.2 Å². The Kier molecular flexibility index (Phi) is 12.4. The van der Waals surface area contributed by atoms with Crippen LogP contribution in [0.3, 0.4) is 0 Å². The second-order valence-corrected chi connectivity index (χ2v) is 5.35. The number of hydrogen-bond donors (Lipinski definition) is 3. The van der Waals surface area contributed by atoms with Crippen LogP contribution in [0.1, 0.15) is 33.6 Å². The Hall–Kier alpha value is -1.26. The average Bonchev–Trinajstić information content (AvgIpc) is 2.52. The highest BCUT2D eigenvalue weighted by Crippen LogP contribution is 2.11. The number of nitrogens with zero attached hydrogens (tertiary/aromatic N) is 2. The fourth-order valence-electron chi connectivity index (χ4n) is 2.33. The molecule has 0 radical (unpaired) electrons. The Bertz CT molecular complexity index is 412. The molecule has 9 heteroatoms. The molecular weight excluding hydrogens is 425 g/mol. The van der Waals surface area contributed by atoms with Crippen molar-refractivity contribution >= 4 is 41.9 Å². The zero-order valence-electron chi connectivity index (χ0n) is 14.8. The van der Waals surface area contributed by atoms with Crippen LogP contribution < -0.4 is 16.0 Å². The van der Waals surface area contributed by atoms with Crippen molar-refractivity contribution in [2.24, 2.45) is 4.99 Å². The zero-order chi connectivity index (χ0) is 17.1. The molecule has 0 unspecified atom stereocenters.